The number of carboxylic acids is 2. The van der Waals surface area contributed by atoms with Crippen molar-refractivity contribution in [2.45, 2.75) is 38.9 Å². The molecule has 0 bridgehead atoms. The molecule has 0 fully saturated rings. The molecule has 0 unspecified atom stereocenters. The first-order chi connectivity index (χ1) is 19.0. The number of aliphatic hydroxyl groups excluding tert-OH is 1. The highest BCUT2D eigenvalue weighted by Gasteiger charge is 2.39. The van der Waals surface area contributed by atoms with Gasteiger partial charge in [-0.05, 0) is 48.9 Å². The van der Waals surface area contributed by atoms with Crippen LogP contribution in [0.25, 0.3) is 5.69 Å². The third-order valence-electron chi connectivity index (χ3n) is 6.73. The fraction of sp³-hybridized carbons (Fsp3) is 0.310. The molecule has 4 rings (SSSR count). The highest BCUT2D eigenvalue weighted by atomic mass is 35.5. The maximum atomic E-state index is 14.1. The summed E-state index contributed by atoms with van der Waals surface area (Å²) in [6.07, 6.45) is 1.33. The van der Waals surface area contributed by atoms with Gasteiger partial charge in [0.05, 0.1) is 29.2 Å². The second-order valence-electron chi connectivity index (χ2n) is 10.4. The minimum atomic E-state index is -1.24. The van der Waals surface area contributed by atoms with Gasteiger partial charge in [0.1, 0.15) is 11.7 Å². The lowest BCUT2D eigenvalue weighted by atomic mass is 9.93. The predicted molar refractivity (Wildman–Crippen MR) is 148 cm³/mol. The topological polar surface area (TPSA) is 142 Å². The van der Waals surface area contributed by atoms with Gasteiger partial charge < -0.3 is 25.0 Å². The molecule has 1 aliphatic rings. The average Bonchev–Trinajstić information content (AvgIpc) is 3.31. The number of fused-ring (bicyclic) bond motifs is 1. The van der Waals surface area contributed by atoms with E-state index >= 15 is 0 Å². The number of carbonyl (C=O) groups is 3. The molecule has 3 aromatic rings. The molecule has 2 heterocycles. The third kappa shape index (κ3) is 5.94. The van der Waals surface area contributed by atoms with E-state index in [0.717, 1.165) is 0 Å². The number of amides is 1. The van der Waals surface area contributed by atoms with Crippen molar-refractivity contribution in [3.63, 3.8) is 0 Å². The van der Waals surface area contributed by atoms with Crippen LogP contribution in [-0.2, 0) is 16.0 Å². The number of aliphatic hydroxyl groups is 1. The van der Waals surface area contributed by atoms with Gasteiger partial charge in [0.25, 0.3) is 5.91 Å². The predicted octanol–water partition coefficient (Wildman–Crippen LogP) is 4.53. The van der Waals surface area contributed by atoms with Gasteiger partial charge in [-0.25, -0.2) is 14.3 Å². The van der Waals surface area contributed by atoms with Crippen LogP contribution in [0.3, 0.4) is 0 Å². The normalized spacial score (nSPS) is 17.3. The molecular weight excluding hydrogens is 538 g/mol. The molecule has 40 heavy (non-hydrogen) atoms. The van der Waals surface area contributed by atoms with Crippen LogP contribution in [0.4, 0.5) is 5.69 Å². The zero-order chi connectivity index (χ0) is 29.2. The lowest BCUT2D eigenvalue weighted by Gasteiger charge is -2.32. The Labute approximate surface area is 236 Å². The lowest BCUT2D eigenvalue weighted by molar-refractivity contribution is -0.133. The zero-order valence-corrected chi connectivity index (χ0v) is 22.8. The van der Waals surface area contributed by atoms with E-state index in [1.165, 1.54) is 35.1 Å². The molecule has 10 nitrogen and oxygen atoms in total. The Bertz CT molecular complexity index is 1450. The number of anilines is 1. The van der Waals surface area contributed by atoms with Gasteiger partial charge in [-0.3, -0.25) is 4.79 Å². The molecule has 210 valence electrons. The largest absolute Gasteiger partial charge is 0.478 e. The van der Waals surface area contributed by atoms with Crippen LogP contribution >= 0.6 is 11.6 Å². The minimum absolute atomic E-state index is 0.0593. The highest BCUT2D eigenvalue weighted by molar-refractivity contribution is 6.30. The Kier molecular flexibility index (Phi) is 8.43. The molecule has 3 N–H and O–H groups in total. The highest BCUT2D eigenvalue weighted by Crippen LogP contribution is 2.39. The fourth-order valence-electron chi connectivity index (χ4n) is 4.65. The van der Waals surface area contributed by atoms with Gasteiger partial charge in [-0.15, -0.1) is 6.58 Å². The van der Waals surface area contributed by atoms with Crippen LogP contribution in [0.5, 0.6) is 0 Å². The van der Waals surface area contributed by atoms with Crippen LogP contribution in [0.1, 0.15) is 58.3 Å². The minimum Gasteiger partial charge on any atom is -0.478 e. The Morgan fingerprint density at radius 3 is 2.42 bits per heavy atom. The molecule has 1 aliphatic heterocycles. The summed E-state index contributed by atoms with van der Waals surface area (Å²) in [6, 6.07) is 10.9. The van der Waals surface area contributed by atoms with Crippen molar-refractivity contribution in [1.82, 2.24) is 9.78 Å². The van der Waals surface area contributed by atoms with Crippen LogP contribution in [0.2, 0.25) is 5.02 Å². The maximum Gasteiger partial charge on any atom is 0.339 e. The van der Waals surface area contributed by atoms with E-state index in [1.807, 2.05) is 13.8 Å². The number of rotatable bonds is 10. The van der Waals surface area contributed by atoms with Crippen LogP contribution in [0, 0.1) is 5.41 Å². The fourth-order valence-corrected chi connectivity index (χ4v) is 4.83. The smallest absolute Gasteiger partial charge is 0.339 e. The van der Waals surface area contributed by atoms with Crippen LogP contribution in [0.15, 0.2) is 61.3 Å². The Hall–Kier alpha value is -3.99. The summed E-state index contributed by atoms with van der Waals surface area (Å²) in [5, 5.41) is 33.8. The molecule has 2 aromatic carbocycles. The molecule has 0 radical (unpaired) electrons. The Morgan fingerprint density at radius 1 is 1.12 bits per heavy atom. The monoisotopic (exact) mass is 567 g/mol. The van der Waals surface area contributed by atoms with Gasteiger partial charge in [-0.2, -0.15) is 5.10 Å². The molecule has 0 saturated heterocycles. The summed E-state index contributed by atoms with van der Waals surface area (Å²) >= 11 is 6.33. The second kappa shape index (κ2) is 11.6. The van der Waals surface area contributed by atoms with E-state index < -0.39 is 35.5 Å². The molecule has 0 saturated carbocycles. The molecule has 1 aromatic heterocycles. The van der Waals surface area contributed by atoms with Gasteiger partial charge in [-0.1, -0.05) is 31.5 Å². The second-order valence-corrected chi connectivity index (χ2v) is 10.8. The quantitative estimate of drug-likeness (QED) is 0.303. The summed E-state index contributed by atoms with van der Waals surface area (Å²) in [6.45, 7) is 7.47. The van der Waals surface area contributed by atoms with Crippen molar-refractivity contribution in [1.29, 1.82) is 0 Å². The van der Waals surface area contributed by atoms with Crippen LogP contribution in [-0.4, -0.2) is 62.2 Å². The van der Waals surface area contributed by atoms with Gasteiger partial charge in [0, 0.05) is 41.3 Å². The number of halogens is 1. The number of carbonyl (C=O) groups excluding carboxylic acids is 1. The van der Waals surface area contributed by atoms with Gasteiger partial charge >= 0.3 is 11.9 Å². The van der Waals surface area contributed by atoms with Gasteiger partial charge in [0.2, 0.25) is 0 Å². The molecule has 0 aliphatic carbocycles. The van der Waals surface area contributed by atoms with Crippen LogP contribution < -0.4 is 4.90 Å². The number of hydrogen-bond donors (Lipinski definition) is 3. The van der Waals surface area contributed by atoms with Crippen molar-refractivity contribution in [2.24, 2.45) is 5.41 Å². The Balaban J connectivity index is 1.82. The van der Waals surface area contributed by atoms with E-state index in [4.69, 9.17) is 16.3 Å². The number of aromatic carboxylic acids is 2. The summed E-state index contributed by atoms with van der Waals surface area (Å²) in [4.78, 5) is 39.1. The van der Waals surface area contributed by atoms with Crippen molar-refractivity contribution in [2.75, 3.05) is 18.1 Å². The molecule has 11 heteroatoms. The zero-order valence-electron chi connectivity index (χ0n) is 22.1. The molecular formula is C29H30ClN3O7. The number of aromatic nitrogens is 2. The number of carboxylic acid groups (broad SMARTS) is 2. The van der Waals surface area contributed by atoms with E-state index in [-0.39, 0.29) is 36.4 Å². The number of nitrogens with zero attached hydrogens (tertiary/aromatic N) is 3. The average molecular weight is 568 g/mol. The summed E-state index contributed by atoms with van der Waals surface area (Å²) in [5.74, 6) is -2.75. The van der Waals surface area contributed by atoms with E-state index in [0.29, 0.717) is 28.4 Å². The SMILES string of the molecule is C=CC[C@H]1O[C@H](Cc2c(C(=O)O)cnn2-c2ccc(C(=O)O)cc2)C(=O)N(CC(C)(C)CO)c2ccc(Cl)cc21. The number of benzene rings is 2. The van der Waals surface area contributed by atoms with Crippen molar-refractivity contribution < 1.29 is 34.4 Å². The van der Waals surface area contributed by atoms with Crippen molar-refractivity contribution in [3.8, 4) is 5.69 Å². The summed E-state index contributed by atoms with van der Waals surface area (Å²) in [5.41, 5.74) is 1.17. The van der Waals surface area contributed by atoms with E-state index in [1.54, 1.807) is 29.2 Å². The van der Waals surface area contributed by atoms with Gasteiger partial charge in [0.15, 0.2) is 0 Å². The Morgan fingerprint density at radius 2 is 1.82 bits per heavy atom. The first-order valence-electron chi connectivity index (χ1n) is 12.6. The van der Waals surface area contributed by atoms with E-state index in [9.17, 15) is 29.7 Å². The summed E-state index contributed by atoms with van der Waals surface area (Å²) in [7, 11) is 0. The standard InChI is InChI=1S/C29H30ClN3O7/c1-4-5-24-20-12-18(30)8-11-22(20)32(15-29(2,3)16-34)26(35)25(40-24)13-23-21(28(38)39)14-31-33(23)19-9-6-17(7-10-19)27(36)37/h4,6-12,14,24-25,34H,1,5,13,15-16H2,2-3H3,(H,36,37)(H,38,39)/t24-,25-/m1/s1. The van der Waals surface area contributed by atoms with Crippen molar-refractivity contribution in [3.05, 3.63) is 88.7 Å². The molecule has 1 amide bonds. The third-order valence-corrected chi connectivity index (χ3v) is 6.96. The maximum absolute atomic E-state index is 14.1. The van der Waals surface area contributed by atoms with E-state index in [2.05, 4.69) is 11.7 Å². The lowest BCUT2D eigenvalue weighted by Crippen LogP contribution is -2.46. The number of hydrogen-bond acceptors (Lipinski definition) is 6. The first-order valence-corrected chi connectivity index (χ1v) is 13.0. The summed E-state index contributed by atoms with van der Waals surface area (Å²) < 4.78 is 7.74. The molecule has 2 atom stereocenters. The van der Waals surface area contributed by atoms with Crippen molar-refractivity contribution >= 4 is 35.1 Å². The number of ether oxygens (including phenoxy) is 1. The first kappa shape index (κ1) is 29.0. The molecule has 0 spiro atoms.